The molecule has 2 aromatic heterocycles. The fourth-order valence-corrected chi connectivity index (χ4v) is 2.43. The van der Waals surface area contributed by atoms with E-state index in [1.165, 1.54) is 5.56 Å². The number of nitrogens with two attached hydrogens (primary N) is 1. The molecule has 5 heteroatoms. The third-order valence-corrected chi connectivity index (χ3v) is 3.45. The van der Waals surface area contributed by atoms with Gasteiger partial charge in [0.05, 0.1) is 0 Å². The molecule has 1 unspecified atom stereocenters. The van der Waals surface area contributed by atoms with Gasteiger partial charge >= 0.3 is 0 Å². The van der Waals surface area contributed by atoms with Gasteiger partial charge in [0, 0.05) is 5.39 Å². The van der Waals surface area contributed by atoms with Gasteiger partial charge < -0.3 is 8.83 Å². The van der Waals surface area contributed by atoms with E-state index in [0.29, 0.717) is 10.4 Å². The average Bonchev–Trinajstić information content (AvgIpc) is 2.96. The average molecular weight is 321 g/mol. The Hall–Kier alpha value is -1.56. The van der Waals surface area contributed by atoms with Crippen LogP contribution in [0, 0.1) is 6.92 Å². The molecule has 0 bridgehead atoms. The van der Waals surface area contributed by atoms with Crippen molar-refractivity contribution in [1.29, 1.82) is 0 Å². The van der Waals surface area contributed by atoms with Crippen LogP contribution in [-0.2, 0) is 0 Å². The first-order valence-electron chi connectivity index (χ1n) is 5.89. The number of halogens is 1. The van der Waals surface area contributed by atoms with Crippen molar-refractivity contribution in [3.05, 3.63) is 58.2 Å². The molecule has 19 heavy (non-hydrogen) atoms. The van der Waals surface area contributed by atoms with Crippen LogP contribution in [0.3, 0.4) is 0 Å². The molecule has 3 rings (SSSR count). The Balaban J connectivity index is 2.06. The minimum absolute atomic E-state index is 0.306. The zero-order valence-corrected chi connectivity index (χ0v) is 11.9. The Morgan fingerprint density at radius 3 is 2.63 bits per heavy atom. The van der Waals surface area contributed by atoms with Crippen molar-refractivity contribution >= 4 is 26.9 Å². The molecule has 0 aliphatic carbocycles. The second-order valence-corrected chi connectivity index (χ2v) is 5.21. The minimum Gasteiger partial charge on any atom is -0.459 e. The number of furan rings is 2. The number of rotatable bonds is 3. The summed E-state index contributed by atoms with van der Waals surface area (Å²) in [5, 5.41) is 1.06. The van der Waals surface area contributed by atoms with Crippen molar-refractivity contribution in [2.45, 2.75) is 13.0 Å². The number of hydrazine groups is 1. The van der Waals surface area contributed by atoms with Crippen molar-refractivity contribution in [3.8, 4) is 0 Å². The number of benzene rings is 1. The fraction of sp³-hybridized carbons (Fsp3) is 0.143. The first kappa shape index (κ1) is 12.5. The van der Waals surface area contributed by atoms with Crippen molar-refractivity contribution in [2.24, 2.45) is 5.84 Å². The van der Waals surface area contributed by atoms with Gasteiger partial charge in [-0.1, -0.05) is 11.6 Å². The zero-order chi connectivity index (χ0) is 13.4. The monoisotopic (exact) mass is 320 g/mol. The van der Waals surface area contributed by atoms with E-state index in [4.69, 9.17) is 14.7 Å². The molecule has 1 aromatic carbocycles. The second kappa shape index (κ2) is 4.85. The highest BCUT2D eigenvalue weighted by molar-refractivity contribution is 9.10. The third-order valence-electron chi connectivity index (χ3n) is 3.02. The lowest BCUT2D eigenvalue weighted by molar-refractivity contribution is 0.395. The van der Waals surface area contributed by atoms with Gasteiger partial charge in [-0.25, -0.2) is 5.43 Å². The Bertz CT molecular complexity index is 717. The summed E-state index contributed by atoms with van der Waals surface area (Å²) in [5.41, 5.74) is 4.75. The van der Waals surface area contributed by atoms with Gasteiger partial charge in [-0.05, 0) is 53.2 Å². The summed E-state index contributed by atoms with van der Waals surface area (Å²) in [4.78, 5) is 0. The first-order chi connectivity index (χ1) is 9.17. The van der Waals surface area contributed by atoms with Gasteiger partial charge in [-0.3, -0.25) is 5.84 Å². The van der Waals surface area contributed by atoms with Crippen molar-refractivity contribution in [3.63, 3.8) is 0 Å². The highest BCUT2D eigenvalue weighted by atomic mass is 79.9. The summed E-state index contributed by atoms with van der Waals surface area (Å²) in [6.45, 7) is 2.05. The summed E-state index contributed by atoms with van der Waals surface area (Å²) in [7, 11) is 0. The quantitative estimate of drug-likeness (QED) is 0.571. The molecule has 0 fully saturated rings. The molecule has 3 aromatic rings. The van der Waals surface area contributed by atoms with Gasteiger partial charge in [-0.2, -0.15) is 0 Å². The number of aryl methyl sites for hydroxylation is 1. The zero-order valence-electron chi connectivity index (χ0n) is 10.3. The lowest BCUT2D eigenvalue weighted by Gasteiger charge is -2.09. The highest BCUT2D eigenvalue weighted by Gasteiger charge is 2.20. The van der Waals surface area contributed by atoms with Gasteiger partial charge in [0.25, 0.3) is 0 Å². The minimum atomic E-state index is -0.306. The number of hydrogen-bond acceptors (Lipinski definition) is 4. The number of hydrogen-bond donors (Lipinski definition) is 2. The van der Waals surface area contributed by atoms with E-state index in [-0.39, 0.29) is 6.04 Å². The smallest absolute Gasteiger partial charge is 0.169 e. The SMILES string of the molecule is Cc1ccc2oc(C(NN)c3ccc(Br)o3)cc2c1. The van der Waals surface area contributed by atoms with E-state index in [0.717, 1.165) is 16.7 Å². The molecular weight excluding hydrogens is 308 g/mol. The molecule has 98 valence electrons. The molecule has 0 aliphatic rings. The largest absolute Gasteiger partial charge is 0.459 e. The number of nitrogens with one attached hydrogen (secondary N) is 1. The normalized spacial score (nSPS) is 13.0. The predicted molar refractivity (Wildman–Crippen MR) is 76.5 cm³/mol. The third kappa shape index (κ3) is 2.32. The van der Waals surface area contributed by atoms with Gasteiger partial charge in [0.15, 0.2) is 4.67 Å². The molecule has 1 atom stereocenters. The lowest BCUT2D eigenvalue weighted by atomic mass is 10.1. The van der Waals surface area contributed by atoms with Crippen LogP contribution >= 0.6 is 15.9 Å². The summed E-state index contributed by atoms with van der Waals surface area (Å²) in [5.74, 6) is 7.04. The van der Waals surface area contributed by atoms with E-state index in [2.05, 4.69) is 34.3 Å². The van der Waals surface area contributed by atoms with Crippen LogP contribution in [0.25, 0.3) is 11.0 Å². The van der Waals surface area contributed by atoms with E-state index in [1.807, 2.05) is 30.3 Å². The van der Waals surface area contributed by atoms with Gasteiger partial charge in [0.1, 0.15) is 23.1 Å². The summed E-state index contributed by atoms with van der Waals surface area (Å²) >= 11 is 3.28. The Labute approximate surface area is 118 Å². The Kier molecular flexibility index (Phi) is 3.18. The number of fused-ring (bicyclic) bond motifs is 1. The maximum atomic E-state index is 5.82. The molecular formula is C14H13BrN2O2. The summed E-state index contributed by atoms with van der Waals surface area (Å²) in [6.07, 6.45) is 0. The standard InChI is InChI=1S/C14H13BrN2O2/c1-8-2-3-10-9(6-8)7-12(18-10)14(17-16)11-4-5-13(15)19-11/h2-7,14,17H,16H2,1H3. The maximum Gasteiger partial charge on any atom is 0.169 e. The Morgan fingerprint density at radius 1 is 1.11 bits per heavy atom. The molecule has 0 spiro atoms. The van der Waals surface area contributed by atoms with Crippen LogP contribution in [0.5, 0.6) is 0 Å². The van der Waals surface area contributed by atoms with Crippen LogP contribution in [-0.4, -0.2) is 0 Å². The van der Waals surface area contributed by atoms with Crippen LogP contribution in [0.1, 0.15) is 23.1 Å². The van der Waals surface area contributed by atoms with E-state index >= 15 is 0 Å². The van der Waals surface area contributed by atoms with Crippen molar-refractivity contribution < 1.29 is 8.83 Å². The molecule has 0 aliphatic heterocycles. The van der Waals surface area contributed by atoms with Crippen molar-refractivity contribution in [2.75, 3.05) is 0 Å². The molecule has 2 heterocycles. The summed E-state index contributed by atoms with van der Waals surface area (Å²) < 4.78 is 12.0. The van der Waals surface area contributed by atoms with E-state index in [1.54, 1.807) is 0 Å². The lowest BCUT2D eigenvalue weighted by Crippen LogP contribution is -2.28. The molecule has 3 N–H and O–H groups in total. The molecule has 0 radical (unpaired) electrons. The maximum absolute atomic E-state index is 5.82. The van der Waals surface area contributed by atoms with E-state index < -0.39 is 0 Å². The van der Waals surface area contributed by atoms with E-state index in [9.17, 15) is 0 Å². The predicted octanol–water partition coefficient (Wildman–Crippen LogP) is 3.65. The van der Waals surface area contributed by atoms with Crippen molar-refractivity contribution in [1.82, 2.24) is 5.43 Å². The molecule has 0 saturated carbocycles. The molecule has 0 saturated heterocycles. The Morgan fingerprint density at radius 2 is 1.95 bits per heavy atom. The molecule has 4 nitrogen and oxygen atoms in total. The second-order valence-electron chi connectivity index (χ2n) is 4.43. The van der Waals surface area contributed by atoms with Gasteiger partial charge in [-0.15, -0.1) is 0 Å². The fourth-order valence-electron chi connectivity index (χ4n) is 2.11. The topological polar surface area (TPSA) is 64.3 Å². The molecule has 0 amide bonds. The highest BCUT2D eigenvalue weighted by Crippen LogP contribution is 2.30. The van der Waals surface area contributed by atoms with Crippen LogP contribution < -0.4 is 11.3 Å². The van der Waals surface area contributed by atoms with Gasteiger partial charge in [0.2, 0.25) is 0 Å². The van der Waals surface area contributed by atoms with Crippen LogP contribution in [0.2, 0.25) is 0 Å². The first-order valence-corrected chi connectivity index (χ1v) is 6.68. The van der Waals surface area contributed by atoms with Crippen LogP contribution in [0.4, 0.5) is 0 Å². The summed E-state index contributed by atoms with van der Waals surface area (Å²) in [6, 6.07) is 11.4. The van der Waals surface area contributed by atoms with Crippen LogP contribution in [0.15, 0.2) is 49.9 Å².